The predicted molar refractivity (Wildman–Crippen MR) is 89.1 cm³/mol. The molecule has 2 amide bonds. The molecular weight excluding hydrogens is 384 g/mol. The summed E-state index contributed by atoms with van der Waals surface area (Å²) in [4.78, 5) is 35.7. The number of hydrogen-bond donors (Lipinski definition) is 2. The Morgan fingerprint density at radius 3 is 2.57 bits per heavy atom. The van der Waals surface area contributed by atoms with Crippen LogP contribution in [-0.4, -0.2) is 24.4 Å². The molecule has 1 aromatic heterocycles. The number of thiophene rings is 1. The van der Waals surface area contributed by atoms with Crippen LogP contribution in [0, 0.1) is 6.92 Å². The number of benzene rings is 1. The molecule has 8 heteroatoms. The number of carbonyl (C=O) groups is 3. The van der Waals surface area contributed by atoms with E-state index in [-0.39, 0.29) is 0 Å². The van der Waals surface area contributed by atoms with E-state index >= 15 is 0 Å². The van der Waals surface area contributed by atoms with E-state index in [0.29, 0.717) is 14.9 Å². The van der Waals surface area contributed by atoms with Crippen molar-refractivity contribution in [3.63, 3.8) is 0 Å². The van der Waals surface area contributed by atoms with E-state index in [9.17, 15) is 14.4 Å². The summed E-state index contributed by atoms with van der Waals surface area (Å²) in [6.07, 6.45) is 0. The van der Waals surface area contributed by atoms with Gasteiger partial charge in [0, 0.05) is 4.47 Å². The Morgan fingerprint density at radius 2 is 1.91 bits per heavy atom. The second kappa shape index (κ2) is 7.89. The zero-order valence-corrected chi connectivity index (χ0v) is 14.5. The van der Waals surface area contributed by atoms with E-state index in [1.165, 1.54) is 11.3 Å². The van der Waals surface area contributed by atoms with Gasteiger partial charge in [-0.3, -0.25) is 20.4 Å². The third-order valence-corrected chi connectivity index (χ3v) is 4.50. The number of ether oxygens (including phenoxy) is 1. The molecule has 2 N–H and O–H groups in total. The number of amides is 2. The van der Waals surface area contributed by atoms with Gasteiger partial charge in [0.1, 0.15) is 4.88 Å². The van der Waals surface area contributed by atoms with Gasteiger partial charge in [-0.05, 0) is 52.0 Å². The van der Waals surface area contributed by atoms with Gasteiger partial charge >= 0.3 is 5.97 Å². The van der Waals surface area contributed by atoms with Crippen LogP contribution in [0.25, 0.3) is 0 Å². The lowest BCUT2D eigenvalue weighted by Gasteiger charge is -2.09. The van der Waals surface area contributed by atoms with Crippen LogP contribution in [0.4, 0.5) is 0 Å². The highest BCUT2D eigenvalue weighted by Crippen LogP contribution is 2.16. The van der Waals surface area contributed by atoms with Gasteiger partial charge in [-0.1, -0.05) is 12.1 Å². The first-order valence-corrected chi connectivity index (χ1v) is 8.21. The minimum absolute atomic E-state index is 0.374. The molecule has 0 aliphatic carbocycles. The molecule has 2 aromatic rings. The largest absolute Gasteiger partial charge is 0.451 e. The Bertz CT molecular complexity index is 745. The van der Waals surface area contributed by atoms with Gasteiger partial charge in [0.05, 0.1) is 5.56 Å². The maximum absolute atomic E-state index is 11.9. The van der Waals surface area contributed by atoms with Crippen LogP contribution < -0.4 is 10.9 Å². The lowest BCUT2D eigenvalue weighted by Crippen LogP contribution is -2.43. The van der Waals surface area contributed by atoms with Crippen molar-refractivity contribution in [2.24, 2.45) is 0 Å². The van der Waals surface area contributed by atoms with Crippen LogP contribution in [0.3, 0.4) is 0 Å². The zero-order chi connectivity index (χ0) is 16.8. The third-order valence-electron chi connectivity index (χ3n) is 2.82. The molecule has 0 radical (unpaired) electrons. The molecule has 23 heavy (non-hydrogen) atoms. The number of nitrogens with one attached hydrogen (secondary N) is 2. The summed E-state index contributed by atoms with van der Waals surface area (Å²) in [7, 11) is 0. The van der Waals surface area contributed by atoms with E-state index in [4.69, 9.17) is 4.74 Å². The topological polar surface area (TPSA) is 84.5 Å². The summed E-state index contributed by atoms with van der Waals surface area (Å²) in [6, 6.07) is 8.57. The van der Waals surface area contributed by atoms with E-state index in [2.05, 4.69) is 26.8 Å². The second-order valence-electron chi connectivity index (χ2n) is 4.49. The number of rotatable bonds is 4. The fraction of sp³-hybridized carbons (Fsp3) is 0.133. The number of hydrazine groups is 1. The minimum atomic E-state index is -0.632. The SMILES string of the molecule is Cc1ccsc1C(=O)OCC(=O)NNC(=O)c1ccccc1Br. The normalized spacial score (nSPS) is 10.0. The quantitative estimate of drug-likeness (QED) is 0.613. The molecule has 0 saturated heterocycles. The Balaban J connectivity index is 1.79. The smallest absolute Gasteiger partial charge is 0.349 e. The van der Waals surface area contributed by atoms with Gasteiger partial charge in [0.25, 0.3) is 11.8 Å². The van der Waals surface area contributed by atoms with Crippen LogP contribution in [0.15, 0.2) is 40.2 Å². The molecule has 0 fully saturated rings. The maximum atomic E-state index is 11.9. The molecule has 0 aliphatic heterocycles. The number of hydrogen-bond acceptors (Lipinski definition) is 5. The van der Waals surface area contributed by atoms with Crippen LogP contribution in [0.2, 0.25) is 0 Å². The first-order valence-electron chi connectivity index (χ1n) is 6.54. The van der Waals surface area contributed by atoms with Crippen molar-refractivity contribution in [3.8, 4) is 0 Å². The van der Waals surface area contributed by atoms with Crippen molar-refractivity contribution in [2.75, 3.05) is 6.61 Å². The summed E-state index contributed by atoms with van der Waals surface area (Å²) in [6.45, 7) is 1.30. The van der Waals surface area contributed by atoms with E-state index in [0.717, 1.165) is 5.56 Å². The highest BCUT2D eigenvalue weighted by atomic mass is 79.9. The summed E-state index contributed by atoms with van der Waals surface area (Å²) in [5.74, 6) is -1.68. The van der Waals surface area contributed by atoms with E-state index < -0.39 is 24.4 Å². The molecule has 1 aromatic carbocycles. The fourth-order valence-corrected chi connectivity index (χ4v) is 2.94. The average molecular weight is 397 g/mol. The number of halogens is 1. The molecule has 0 bridgehead atoms. The first kappa shape index (κ1) is 17.2. The Labute approximate surface area is 144 Å². The molecule has 0 aliphatic rings. The van der Waals surface area contributed by atoms with E-state index in [1.807, 2.05) is 0 Å². The average Bonchev–Trinajstić information content (AvgIpc) is 2.97. The summed E-state index contributed by atoms with van der Waals surface area (Å²) in [5.41, 5.74) is 5.61. The molecule has 2 rings (SSSR count). The first-order chi connectivity index (χ1) is 11.0. The van der Waals surface area contributed by atoms with Gasteiger partial charge in [0.15, 0.2) is 6.61 Å². The molecule has 120 valence electrons. The Morgan fingerprint density at radius 1 is 1.17 bits per heavy atom. The lowest BCUT2D eigenvalue weighted by molar-refractivity contribution is -0.125. The van der Waals surface area contributed by atoms with Crippen molar-refractivity contribution in [3.05, 3.63) is 56.2 Å². The highest BCUT2D eigenvalue weighted by Gasteiger charge is 2.15. The lowest BCUT2D eigenvalue weighted by atomic mass is 10.2. The number of aryl methyl sites for hydroxylation is 1. The molecule has 0 spiro atoms. The van der Waals surface area contributed by atoms with Crippen molar-refractivity contribution >= 4 is 45.1 Å². The second-order valence-corrected chi connectivity index (χ2v) is 6.26. The predicted octanol–water partition coefficient (Wildman–Crippen LogP) is 2.44. The molecular formula is C15H13BrN2O4S. The van der Waals surface area contributed by atoms with Gasteiger partial charge in [-0.15, -0.1) is 11.3 Å². The van der Waals surface area contributed by atoms with Crippen molar-refractivity contribution in [1.82, 2.24) is 10.9 Å². The van der Waals surface area contributed by atoms with E-state index in [1.54, 1.807) is 42.6 Å². The monoisotopic (exact) mass is 396 g/mol. The van der Waals surface area contributed by atoms with Crippen molar-refractivity contribution in [1.29, 1.82) is 0 Å². The summed E-state index contributed by atoms with van der Waals surface area (Å²) < 4.78 is 5.49. The van der Waals surface area contributed by atoms with Gasteiger partial charge in [0.2, 0.25) is 0 Å². The van der Waals surface area contributed by atoms with Crippen LogP contribution >= 0.6 is 27.3 Å². The molecule has 0 saturated carbocycles. The minimum Gasteiger partial charge on any atom is -0.451 e. The summed E-state index contributed by atoms with van der Waals surface area (Å²) >= 11 is 4.49. The van der Waals surface area contributed by atoms with Crippen LogP contribution in [-0.2, 0) is 9.53 Å². The molecule has 1 heterocycles. The van der Waals surface area contributed by atoms with Crippen LogP contribution in [0.1, 0.15) is 25.6 Å². The standard InChI is InChI=1S/C15H13BrN2O4S/c1-9-6-7-23-13(9)15(21)22-8-12(19)17-18-14(20)10-4-2-3-5-11(10)16/h2-7H,8H2,1H3,(H,17,19)(H,18,20). The molecule has 0 atom stereocenters. The fourth-order valence-electron chi connectivity index (χ4n) is 1.65. The van der Waals surface area contributed by atoms with Crippen molar-refractivity contribution < 1.29 is 19.1 Å². The van der Waals surface area contributed by atoms with Crippen molar-refractivity contribution in [2.45, 2.75) is 6.92 Å². The van der Waals surface area contributed by atoms with Gasteiger partial charge in [-0.25, -0.2) is 4.79 Å². The van der Waals surface area contributed by atoms with Gasteiger partial charge in [-0.2, -0.15) is 0 Å². The zero-order valence-electron chi connectivity index (χ0n) is 12.1. The Kier molecular flexibility index (Phi) is 5.89. The summed E-state index contributed by atoms with van der Waals surface area (Å²) in [5, 5.41) is 1.77. The molecule has 6 nitrogen and oxygen atoms in total. The molecule has 0 unspecified atom stereocenters. The number of carbonyl (C=O) groups excluding carboxylic acids is 3. The van der Waals surface area contributed by atoms with Crippen LogP contribution in [0.5, 0.6) is 0 Å². The number of esters is 1. The Hall–Kier alpha value is -2.19. The maximum Gasteiger partial charge on any atom is 0.349 e. The third kappa shape index (κ3) is 4.64. The van der Waals surface area contributed by atoms with Gasteiger partial charge < -0.3 is 4.74 Å². The highest BCUT2D eigenvalue weighted by molar-refractivity contribution is 9.10.